The van der Waals surface area contributed by atoms with Gasteiger partial charge in [0.05, 0.1) is 17.8 Å². The Bertz CT molecular complexity index is 1330. The minimum absolute atomic E-state index is 0.100. The van der Waals surface area contributed by atoms with Crippen molar-refractivity contribution in [2.75, 3.05) is 11.9 Å². The summed E-state index contributed by atoms with van der Waals surface area (Å²) in [7, 11) is 0. The zero-order valence-electron chi connectivity index (χ0n) is 19.5. The molecule has 4 aromatic rings. The van der Waals surface area contributed by atoms with E-state index in [2.05, 4.69) is 26.8 Å². The van der Waals surface area contributed by atoms with Gasteiger partial charge in [-0.15, -0.1) is 0 Å². The van der Waals surface area contributed by atoms with Crippen molar-refractivity contribution in [2.24, 2.45) is 0 Å². The molecule has 0 saturated carbocycles. The van der Waals surface area contributed by atoms with Crippen LogP contribution in [0.3, 0.4) is 0 Å². The summed E-state index contributed by atoms with van der Waals surface area (Å²) in [6, 6.07) is 21.6. The number of hydrogen-bond acceptors (Lipinski definition) is 5. The van der Waals surface area contributed by atoms with E-state index in [0.29, 0.717) is 33.7 Å². The highest BCUT2D eigenvalue weighted by Gasteiger charge is 2.22. The summed E-state index contributed by atoms with van der Waals surface area (Å²) in [5.41, 5.74) is 3.57. The number of carbonyl (C=O) groups excluding carboxylic acids is 1. The van der Waals surface area contributed by atoms with Crippen molar-refractivity contribution in [2.45, 2.75) is 25.4 Å². The van der Waals surface area contributed by atoms with Gasteiger partial charge in [0.25, 0.3) is 0 Å². The van der Waals surface area contributed by atoms with E-state index in [1.54, 1.807) is 24.3 Å². The lowest BCUT2D eigenvalue weighted by Crippen LogP contribution is -2.35. The van der Waals surface area contributed by atoms with E-state index in [-0.39, 0.29) is 11.8 Å². The van der Waals surface area contributed by atoms with E-state index in [4.69, 9.17) is 5.26 Å². The zero-order valence-corrected chi connectivity index (χ0v) is 19.5. The van der Waals surface area contributed by atoms with Gasteiger partial charge < -0.3 is 10.6 Å². The van der Waals surface area contributed by atoms with Gasteiger partial charge in [0, 0.05) is 30.1 Å². The Kier molecular flexibility index (Phi) is 7.78. The molecular formula is C27H24F2N6O. The SMILES string of the molecule is C[C@H](CN[C@@H](C(=O)Nc1ccc(-c2cnn(C(F)F)c2)cn1)c1ccccc1)c1ccc(C#N)cc1. The molecule has 182 valence electrons. The number of carbonyl (C=O) groups is 1. The third-order valence-electron chi connectivity index (χ3n) is 5.78. The maximum absolute atomic E-state index is 13.2. The third kappa shape index (κ3) is 5.98. The average molecular weight is 487 g/mol. The van der Waals surface area contributed by atoms with Crippen LogP contribution in [0.15, 0.2) is 85.3 Å². The summed E-state index contributed by atoms with van der Waals surface area (Å²) in [6.07, 6.45) is 4.08. The predicted octanol–water partition coefficient (Wildman–Crippen LogP) is 5.28. The molecule has 9 heteroatoms. The second kappa shape index (κ2) is 11.3. The molecule has 2 atom stereocenters. The van der Waals surface area contributed by atoms with E-state index in [0.717, 1.165) is 11.1 Å². The number of nitrogens with one attached hydrogen (secondary N) is 2. The normalized spacial score (nSPS) is 12.6. The molecule has 0 bridgehead atoms. The molecule has 2 N–H and O–H groups in total. The minimum atomic E-state index is -2.72. The number of anilines is 1. The molecule has 0 spiro atoms. The monoisotopic (exact) mass is 486 g/mol. The van der Waals surface area contributed by atoms with Gasteiger partial charge in [0.1, 0.15) is 11.9 Å². The number of amides is 1. The summed E-state index contributed by atoms with van der Waals surface area (Å²) in [6.45, 7) is -0.142. The van der Waals surface area contributed by atoms with E-state index in [1.165, 1.54) is 18.6 Å². The molecule has 36 heavy (non-hydrogen) atoms. The molecule has 0 aliphatic rings. The number of benzene rings is 2. The maximum atomic E-state index is 13.2. The highest BCUT2D eigenvalue weighted by Crippen LogP contribution is 2.23. The number of alkyl halides is 2. The molecule has 0 fully saturated rings. The van der Waals surface area contributed by atoms with Crippen molar-refractivity contribution in [3.63, 3.8) is 0 Å². The van der Waals surface area contributed by atoms with Crippen molar-refractivity contribution >= 4 is 11.7 Å². The first-order valence-electron chi connectivity index (χ1n) is 11.3. The molecule has 2 heterocycles. The lowest BCUT2D eigenvalue weighted by molar-refractivity contribution is -0.118. The van der Waals surface area contributed by atoms with E-state index >= 15 is 0 Å². The van der Waals surface area contributed by atoms with Gasteiger partial charge in [-0.25, -0.2) is 9.67 Å². The van der Waals surface area contributed by atoms with Gasteiger partial charge in [-0.2, -0.15) is 19.1 Å². The van der Waals surface area contributed by atoms with E-state index in [1.807, 2.05) is 49.4 Å². The minimum Gasteiger partial charge on any atom is -0.309 e. The molecule has 0 saturated heterocycles. The van der Waals surface area contributed by atoms with Crippen LogP contribution in [0.25, 0.3) is 11.1 Å². The van der Waals surface area contributed by atoms with Crippen LogP contribution in [-0.4, -0.2) is 27.2 Å². The second-order valence-corrected chi connectivity index (χ2v) is 8.29. The number of aromatic nitrogens is 3. The van der Waals surface area contributed by atoms with Crippen LogP contribution in [0.1, 0.15) is 42.1 Å². The third-order valence-corrected chi connectivity index (χ3v) is 5.78. The second-order valence-electron chi connectivity index (χ2n) is 8.29. The van der Waals surface area contributed by atoms with Gasteiger partial charge in [0.15, 0.2) is 0 Å². The van der Waals surface area contributed by atoms with Crippen LogP contribution in [-0.2, 0) is 4.79 Å². The largest absolute Gasteiger partial charge is 0.333 e. The number of halogens is 2. The number of rotatable bonds is 9. The molecule has 2 aromatic heterocycles. The number of nitrogens with zero attached hydrogens (tertiary/aromatic N) is 4. The van der Waals surface area contributed by atoms with Gasteiger partial charge in [0.2, 0.25) is 5.91 Å². The van der Waals surface area contributed by atoms with Gasteiger partial charge in [-0.1, -0.05) is 49.4 Å². The first kappa shape index (κ1) is 24.7. The van der Waals surface area contributed by atoms with Crippen LogP contribution >= 0.6 is 0 Å². The van der Waals surface area contributed by atoms with E-state index in [9.17, 15) is 13.6 Å². The number of nitriles is 1. The fraction of sp³-hybridized carbons (Fsp3) is 0.185. The van der Waals surface area contributed by atoms with Gasteiger partial charge in [-0.05, 0) is 41.3 Å². The van der Waals surface area contributed by atoms with Crippen molar-refractivity contribution < 1.29 is 13.6 Å². The molecule has 0 radical (unpaired) electrons. The highest BCUT2D eigenvalue weighted by molar-refractivity contribution is 5.95. The standard InChI is InChI=1S/C27H24F2N6O/c1-18(20-9-7-19(13-30)8-10-20)14-32-25(21-5-3-2-4-6-21)26(36)34-24-12-11-22(15-31-24)23-16-33-35(17-23)27(28)29/h2-12,15-18,25,27,32H,14H2,1H3,(H,31,34,36)/t18-,25-/m1/s1. The molecule has 4 rings (SSSR count). The molecule has 0 aliphatic carbocycles. The Morgan fingerprint density at radius 1 is 1.00 bits per heavy atom. The Balaban J connectivity index is 1.45. The molecule has 0 unspecified atom stereocenters. The van der Waals surface area contributed by atoms with Crippen LogP contribution < -0.4 is 10.6 Å². The summed E-state index contributed by atoms with van der Waals surface area (Å²) in [4.78, 5) is 17.5. The van der Waals surface area contributed by atoms with Gasteiger partial charge in [-0.3, -0.25) is 4.79 Å². The quantitative estimate of drug-likeness (QED) is 0.335. The Hall–Kier alpha value is -4.42. The first-order valence-corrected chi connectivity index (χ1v) is 11.3. The molecule has 2 aromatic carbocycles. The van der Waals surface area contributed by atoms with E-state index < -0.39 is 12.6 Å². The Morgan fingerprint density at radius 2 is 1.75 bits per heavy atom. The predicted molar refractivity (Wildman–Crippen MR) is 132 cm³/mol. The van der Waals surface area contributed by atoms with Crippen LogP contribution in [0.2, 0.25) is 0 Å². The molecular weight excluding hydrogens is 462 g/mol. The van der Waals surface area contributed by atoms with Crippen molar-refractivity contribution in [1.82, 2.24) is 20.1 Å². The lowest BCUT2D eigenvalue weighted by Gasteiger charge is -2.21. The summed E-state index contributed by atoms with van der Waals surface area (Å²) < 4.78 is 26.1. The Morgan fingerprint density at radius 3 is 2.36 bits per heavy atom. The highest BCUT2D eigenvalue weighted by atomic mass is 19.3. The average Bonchev–Trinajstić information content (AvgIpc) is 3.41. The first-order chi connectivity index (χ1) is 17.4. The van der Waals surface area contributed by atoms with Crippen molar-refractivity contribution in [3.05, 3.63) is 102 Å². The number of pyridine rings is 1. The topological polar surface area (TPSA) is 95.6 Å². The van der Waals surface area contributed by atoms with Crippen LogP contribution in [0.4, 0.5) is 14.6 Å². The van der Waals surface area contributed by atoms with Gasteiger partial charge >= 0.3 is 6.55 Å². The fourth-order valence-corrected chi connectivity index (χ4v) is 3.74. The molecule has 0 aliphatic heterocycles. The smallest absolute Gasteiger partial charge is 0.309 e. The Labute approximate surface area is 207 Å². The summed E-state index contributed by atoms with van der Waals surface area (Å²) in [5, 5.41) is 18.8. The lowest BCUT2D eigenvalue weighted by atomic mass is 9.98. The molecule has 1 amide bonds. The summed E-state index contributed by atoms with van der Waals surface area (Å²) in [5.74, 6) is 0.162. The van der Waals surface area contributed by atoms with Crippen molar-refractivity contribution in [3.8, 4) is 17.2 Å². The molecule has 7 nitrogen and oxygen atoms in total. The number of hydrogen-bond donors (Lipinski definition) is 2. The van der Waals surface area contributed by atoms with Crippen LogP contribution in [0.5, 0.6) is 0 Å². The zero-order chi connectivity index (χ0) is 25.5. The fourth-order valence-electron chi connectivity index (χ4n) is 3.74. The van der Waals surface area contributed by atoms with Crippen LogP contribution in [0, 0.1) is 11.3 Å². The summed E-state index contributed by atoms with van der Waals surface area (Å²) >= 11 is 0. The van der Waals surface area contributed by atoms with Crippen molar-refractivity contribution in [1.29, 1.82) is 5.26 Å². The maximum Gasteiger partial charge on any atom is 0.333 e.